The second kappa shape index (κ2) is 7.98. The summed E-state index contributed by atoms with van der Waals surface area (Å²) in [6.45, 7) is 7.00. The lowest BCUT2D eigenvalue weighted by Gasteiger charge is -2.29. The highest BCUT2D eigenvalue weighted by Gasteiger charge is 2.61. The van der Waals surface area contributed by atoms with E-state index in [1.807, 2.05) is 50.2 Å². The average Bonchev–Trinajstić information content (AvgIpc) is 3.23. The number of ether oxygens (including phenoxy) is 1. The monoisotopic (exact) mass is 452 g/mol. The molecule has 9 heteroatoms. The van der Waals surface area contributed by atoms with Crippen LogP contribution >= 0.6 is 11.8 Å². The van der Waals surface area contributed by atoms with E-state index in [9.17, 15) is 14.4 Å². The van der Waals surface area contributed by atoms with Crippen LogP contribution in [0.3, 0.4) is 0 Å². The lowest BCUT2D eigenvalue weighted by atomic mass is 10.00. The maximum atomic E-state index is 14.0. The molecule has 4 rings (SSSR count). The third-order valence-electron chi connectivity index (χ3n) is 5.69. The second-order valence-electron chi connectivity index (χ2n) is 7.81. The number of methoxy groups -OCH3 is 1. The lowest BCUT2D eigenvalue weighted by Crippen LogP contribution is -2.48. The molecule has 0 fully saturated rings. The Morgan fingerprint density at radius 1 is 1.12 bits per heavy atom. The van der Waals surface area contributed by atoms with Gasteiger partial charge in [-0.2, -0.15) is 5.01 Å². The second-order valence-corrected chi connectivity index (χ2v) is 8.99. The third-order valence-corrected chi connectivity index (χ3v) is 6.93. The highest BCUT2D eigenvalue weighted by molar-refractivity contribution is 8.15. The van der Waals surface area contributed by atoms with Gasteiger partial charge in [0, 0.05) is 19.4 Å². The molecule has 2 aliphatic rings. The number of thioether (sulfide) groups is 1. The van der Waals surface area contributed by atoms with Crippen molar-refractivity contribution in [1.29, 1.82) is 0 Å². The molecule has 3 amide bonds. The SMILES string of the molecule is COc1ccc(CN2C(=O)C3(SC(NC(C)=O)=NN3C(C)=O)c3ccc(C)c(C)c32)cc1. The van der Waals surface area contributed by atoms with Crippen molar-refractivity contribution >= 4 is 40.3 Å². The fourth-order valence-corrected chi connectivity index (χ4v) is 5.37. The van der Waals surface area contributed by atoms with Gasteiger partial charge in [-0.3, -0.25) is 14.4 Å². The molecule has 0 saturated carbocycles. The normalized spacial score (nSPS) is 19.3. The van der Waals surface area contributed by atoms with Crippen LogP contribution in [0.25, 0.3) is 0 Å². The van der Waals surface area contributed by atoms with Gasteiger partial charge in [-0.05, 0) is 54.4 Å². The van der Waals surface area contributed by atoms with Crippen molar-refractivity contribution in [2.45, 2.75) is 39.1 Å². The molecule has 0 saturated heterocycles. The van der Waals surface area contributed by atoms with Gasteiger partial charge < -0.3 is 15.0 Å². The predicted octanol–water partition coefficient (Wildman–Crippen LogP) is 3.01. The fourth-order valence-electron chi connectivity index (χ4n) is 4.05. The number of anilines is 1. The Morgan fingerprint density at radius 3 is 2.41 bits per heavy atom. The minimum atomic E-state index is -1.40. The maximum Gasteiger partial charge on any atom is 0.271 e. The Balaban J connectivity index is 1.84. The van der Waals surface area contributed by atoms with Crippen LogP contribution in [-0.2, 0) is 25.8 Å². The van der Waals surface area contributed by atoms with E-state index in [1.165, 1.54) is 18.9 Å². The van der Waals surface area contributed by atoms with Crippen molar-refractivity contribution in [2.24, 2.45) is 5.10 Å². The van der Waals surface area contributed by atoms with Gasteiger partial charge in [0.15, 0.2) is 5.17 Å². The fraction of sp³-hybridized carbons (Fsp3) is 0.304. The van der Waals surface area contributed by atoms with Crippen LogP contribution in [0.2, 0.25) is 0 Å². The largest absolute Gasteiger partial charge is 0.497 e. The number of nitrogens with zero attached hydrogens (tertiary/aromatic N) is 3. The first-order chi connectivity index (χ1) is 15.2. The molecule has 1 N–H and O–H groups in total. The molecule has 0 aliphatic carbocycles. The molecule has 1 atom stereocenters. The lowest BCUT2D eigenvalue weighted by molar-refractivity contribution is -0.139. The maximum absolute atomic E-state index is 14.0. The molecule has 2 aromatic carbocycles. The Labute approximate surface area is 190 Å². The summed E-state index contributed by atoms with van der Waals surface area (Å²) in [6.07, 6.45) is 0. The summed E-state index contributed by atoms with van der Waals surface area (Å²) in [6, 6.07) is 11.3. The van der Waals surface area contributed by atoms with E-state index >= 15 is 0 Å². The van der Waals surface area contributed by atoms with Crippen molar-refractivity contribution in [3.63, 3.8) is 0 Å². The zero-order chi connectivity index (χ0) is 23.2. The first-order valence-corrected chi connectivity index (χ1v) is 10.9. The number of carbonyl (C=O) groups excluding carboxylic acids is 3. The molecule has 166 valence electrons. The van der Waals surface area contributed by atoms with Crippen molar-refractivity contribution in [3.05, 3.63) is 58.7 Å². The van der Waals surface area contributed by atoms with Gasteiger partial charge in [0.05, 0.1) is 19.3 Å². The predicted molar refractivity (Wildman–Crippen MR) is 123 cm³/mol. The Morgan fingerprint density at radius 2 is 1.81 bits per heavy atom. The minimum absolute atomic E-state index is 0.219. The van der Waals surface area contributed by atoms with Crippen LogP contribution in [0.1, 0.15) is 36.1 Å². The number of rotatable bonds is 3. The van der Waals surface area contributed by atoms with Crippen LogP contribution in [0.5, 0.6) is 5.75 Å². The highest BCUT2D eigenvalue weighted by atomic mass is 32.2. The van der Waals surface area contributed by atoms with Crippen molar-refractivity contribution in [2.75, 3.05) is 12.0 Å². The molecule has 8 nitrogen and oxygen atoms in total. The van der Waals surface area contributed by atoms with E-state index in [4.69, 9.17) is 4.74 Å². The molecular formula is C23H24N4O4S. The zero-order valence-corrected chi connectivity index (χ0v) is 19.4. The van der Waals surface area contributed by atoms with E-state index in [1.54, 1.807) is 12.0 Å². The minimum Gasteiger partial charge on any atom is -0.497 e. The number of amides is 3. The van der Waals surface area contributed by atoms with Gasteiger partial charge in [0.1, 0.15) is 5.75 Å². The van der Waals surface area contributed by atoms with Crippen molar-refractivity contribution in [1.82, 2.24) is 10.3 Å². The Bertz CT molecular complexity index is 1160. The summed E-state index contributed by atoms with van der Waals surface area (Å²) in [5.41, 5.74) is 4.36. The topological polar surface area (TPSA) is 91.3 Å². The first-order valence-electron chi connectivity index (χ1n) is 10.1. The van der Waals surface area contributed by atoms with Crippen LogP contribution in [0.15, 0.2) is 41.5 Å². The third kappa shape index (κ3) is 3.33. The standard InChI is InChI=1S/C23H24N4O4S/c1-13-6-11-19-20(14(13)2)26(12-17-7-9-18(31-5)10-8-17)21(30)23(19)27(16(4)29)25-22(32-23)24-15(3)28/h6-11H,12H2,1-5H3,(H,24,25,28). The number of benzene rings is 2. The molecule has 2 aliphatic heterocycles. The first kappa shape index (κ1) is 21.9. The summed E-state index contributed by atoms with van der Waals surface area (Å²) in [5.74, 6) is -0.256. The van der Waals surface area contributed by atoms with Crippen LogP contribution < -0.4 is 15.0 Å². The van der Waals surface area contributed by atoms with E-state index in [0.29, 0.717) is 12.1 Å². The number of nitrogens with one attached hydrogen (secondary N) is 1. The summed E-state index contributed by atoms with van der Waals surface area (Å²) in [4.78, 5) is 38.6. The van der Waals surface area contributed by atoms with Gasteiger partial charge in [-0.15, -0.1) is 5.10 Å². The van der Waals surface area contributed by atoms with Gasteiger partial charge >= 0.3 is 0 Å². The van der Waals surface area contributed by atoms with Gasteiger partial charge in [-0.25, -0.2) is 0 Å². The number of hydrogen-bond donors (Lipinski definition) is 1. The van der Waals surface area contributed by atoms with Crippen molar-refractivity contribution in [3.8, 4) is 5.75 Å². The highest BCUT2D eigenvalue weighted by Crippen LogP contribution is 2.55. The smallest absolute Gasteiger partial charge is 0.271 e. The molecule has 1 spiro atoms. The Kier molecular flexibility index (Phi) is 5.46. The summed E-state index contributed by atoms with van der Waals surface area (Å²) < 4.78 is 5.23. The summed E-state index contributed by atoms with van der Waals surface area (Å²) in [7, 11) is 1.60. The van der Waals surface area contributed by atoms with E-state index in [2.05, 4.69) is 10.4 Å². The molecule has 32 heavy (non-hydrogen) atoms. The molecule has 1 unspecified atom stereocenters. The molecule has 0 bridgehead atoms. The van der Waals surface area contributed by atoms with Crippen molar-refractivity contribution < 1.29 is 19.1 Å². The van der Waals surface area contributed by atoms with Gasteiger partial charge in [0.25, 0.3) is 5.91 Å². The summed E-state index contributed by atoms with van der Waals surface area (Å²) in [5, 5.41) is 8.33. The van der Waals surface area contributed by atoms with E-state index < -0.39 is 4.87 Å². The quantitative estimate of drug-likeness (QED) is 0.773. The molecule has 2 aromatic rings. The average molecular weight is 453 g/mol. The molecule has 0 aromatic heterocycles. The number of hydrogen-bond acceptors (Lipinski definition) is 6. The Hall–Kier alpha value is -3.33. The van der Waals surface area contributed by atoms with E-state index in [-0.39, 0.29) is 22.9 Å². The van der Waals surface area contributed by atoms with Gasteiger partial charge in [-0.1, -0.05) is 24.3 Å². The molecular weight excluding hydrogens is 428 g/mol. The van der Waals surface area contributed by atoms with Crippen LogP contribution in [-0.4, -0.2) is 35.0 Å². The zero-order valence-electron chi connectivity index (χ0n) is 18.6. The van der Waals surface area contributed by atoms with E-state index in [0.717, 1.165) is 39.9 Å². The number of carbonyl (C=O) groups is 3. The van der Waals surface area contributed by atoms with Crippen LogP contribution in [0.4, 0.5) is 5.69 Å². The number of aryl methyl sites for hydroxylation is 1. The number of fused-ring (bicyclic) bond motifs is 2. The van der Waals surface area contributed by atoms with Gasteiger partial charge in [0.2, 0.25) is 16.7 Å². The number of hydrazone groups is 1. The molecule has 0 radical (unpaired) electrons. The van der Waals surface area contributed by atoms with Crippen LogP contribution in [0, 0.1) is 13.8 Å². The summed E-state index contributed by atoms with van der Waals surface area (Å²) >= 11 is 1.08. The number of amidine groups is 1. The molecule has 2 heterocycles.